The van der Waals surface area contributed by atoms with Crippen LogP contribution in [-0.4, -0.2) is 18.6 Å². The van der Waals surface area contributed by atoms with E-state index >= 15 is 0 Å². The first-order valence-electron chi connectivity index (χ1n) is 6.15. The maximum atomic E-state index is 13.7. The highest BCUT2D eigenvalue weighted by molar-refractivity contribution is 5.60. The molecule has 1 aromatic heterocycles. The van der Waals surface area contributed by atoms with E-state index in [1.165, 1.54) is 0 Å². The molecule has 1 heterocycles. The van der Waals surface area contributed by atoms with Gasteiger partial charge in [-0.1, -0.05) is 6.07 Å². The Morgan fingerprint density at radius 2 is 1.90 bits per heavy atom. The number of rotatable bonds is 5. The lowest BCUT2D eigenvalue weighted by molar-refractivity contribution is 0.415. The van der Waals surface area contributed by atoms with Gasteiger partial charge in [0.25, 0.3) is 0 Å². The highest BCUT2D eigenvalue weighted by Crippen LogP contribution is 2.24. The largest absolute Gasteiger partial charge is 0.497 e. The van der Waals surface area contributed by atoms with E-state index in [1.807, 2.05) is 0 Å². The molecule has 0 fully saturated rings. The van der Waals surface area contributed by atoms with Gasteiger partial charge in [-0.25, -0.2) is 13.8 Å². The minimum absolute atomic E-state index is 0.0132. The van der Waals surface area contributed by atoms with Gasteiger partial charge in [0.1, 0.15) is 5.75 Å². The molecule has 106 valence electrons. The monoisotopic (exact) mass is 279 g/mol. The van der Waals surface area contributed by atoms with Gasteiger partial charge < -0.3 is 15.4 Å². The van der Waals surface area contributed by atoms with Gasteiger partial charge in [0, 0.05) is 24.4 Å². The van der Waals surface area contributed by atoms with E-state index in [0.717, 1.165) is 6.07 Å². The SMILES string of the molecule is CCNc1nc(Nc2cccc(OC)c2)c(F)cc1F. The quantitative estimate of drug-likeness (QED) is 0.878. The molecule has 0 unspecified atom stereocenters. The Kier molecular flexibility index (Phi) is 4.34. The zero-order chi connectivity index (χ0) is 14.5. The molecule has 0 saturated carbocycles. The van der Waals surface area contributed by atoms with E-state index in [4.69, 9.17) is 4.74 Å². The minimum Gasteiger partial charge on any atom is -0.497 e. The summed E-state index contributed by atoms with van der Waals surface area (Å²) in [7, 11) is 1.54. The molecule has 0 spiro atoms. The van der Waals surface area contributed by atoms with Crippen LogP contribution >= 0.6 is 0 Å². The molecule has 0 atom stereocenters. The second-order valence-electron chi connectivity index (χ2n) is 4.04. The number of methoxy groups -OCH3 is 1. The Balaban J connectivity index is 2.30. The van der Waals surface area contributed by atoms with Gasteiger partial charge in [-0.2, -0.15) is 0 Å². The Labute approximate surface area is 115 Å². The van der Waals surface area contributed by atoms with Gasteiger partial charge in [0.2, 0.25) is 0 Å². The number of hydrogen-bond acceptors (Lipinski definition) is 4. The first-order chi connectivity index (χ1) is 9.63. The van der Waals surface area contributed by atoms with Crippen molar-refractivity contribution in [3.05, 3.63) is 42.0 Å². The summed E-state index contributed by atoms with van der Waals surface area (Å²) >= 11 is 0. The van der Waals surface area contributed by atoms with E-state index < -0.39 is 11.6 Å². The van der Waals surface area contributed by atoms with Crippen LogP contribution in [0.2, 0.25) is 0 Å². The van der Waals surface area contributed by atoms with E-state index in [-0.39, 0.29) is 11.6 Å². The Bertz CT molecular complexity index is 605. The summed E-state index contributed by atoms with van der Waals surface area (Å²) in [6.45, 7) is 2.30. The predicted molar refractivity (Wildman–Crippen MR) is 74.6 cm³/mol. The smallest absolute Gasteiger partial charge is 0.169 e. The molecule has 2 rings (SSSR count). The van der Waals surface area contributed by atoms with E-state index in [9.17, 15) is 8.78 Å². The van der Waals surface area contributed by atoms with Crippen molar-refractivity contribution in [1.29, 1.82) is 0 Å². The number of aromatic nitrogens is 1. The standard InChI is InChI=1S/C14H15F2N3O/c1-3-17-13-11(15)8-12(16)14(19-13)18-9-5-4-6-10(7-9)20-2/h4-8H,3H2,1-2H3,(H2,17,18,19). The van der Waals surface area contributed by atoms with Crippen molar-refractivity contribution < 1.29 is 13.5 Å². The number of nitrogens with zero attached hydrogens (tertiary/aromatic N) is 1. The van der Waals surface area contributed by atoms with Crippen molar-refractivity contribution in [2.24, 2.45) is 0 Å². The van der Waals surface area contributed by atoms with Crippen molar-refractivity contribution in [3.8, 4) is 5.75 Å². The number of benzene rings is 1. The molecule has 2 N–H and O–H groups in total. The topological polar surface area (TPSA) is 46.2 Å². The molecule has 20 heavy (non-hydrogen) atoms. The maximum absolute atomic E-state index is 13.7. The molecular formula is C14H15F2N3O. The molecule has 1 aromatic carbocycles. The van der Waals surface area contributed by atoms with Crippen LogP contribution in [-0.2, 0) is 0 Å². The van der Waals surface area contributed by atoms with Crippen molar-refractivity contribution >= 4 is 17.3 Å². The lowest BCUT2D eigenvalue weighted by Crippen LogP contribution is -2.06. The molecule has 0 saturated heterocycles. The van der Waals surface area contributed by atoms with Gasteiger partial charge in [-0.15, -0.1) is 0 Å². The summed E-state index contributed by atoms with van der Waals surface area (Å²) in [5.41, 5.74) is 0.602. The molecule has 6 heteroatoms. The summed E-state index contributed by atoms with van der Waals surface area (Å²) in [6, 6.07) is 7.75. The zero-order valence-corrected chi connectivity index (χ0v) is 11.2. The van der Waals surface area contributed by atoms with Gasteiger partial charge in [0.15, 0.2) is 23.3 Å². The molecule has 0 radical (unpaired) electrons. The zero-order valence-electron chi connectivity index (χ0n) is 11.2. The third-order valence-electron chi connectivity index (χ3n) is 2.61. The third kappa shape index (κ3) is 3.14. The molecule has 2 aromatic rings. The summed E-state index contributed by atoms with van der Waals surface area (Å²) in [5, 5.41) is 5.53. The van der Waals surface area contributed by atoms with Crippen molar-refractivity contribution in [2.45, 2.75) is 6.92 Å². The van der Waals surface area contributed by atoms with Gasteiger partial charge >= 0.3 is 0 Å². The predicted octanol–water partition coefficient (Wildman–Crippen LogP) is 3.54. The van der Waals surface area contributed by atoms with Crippen LogP contribution in [0.1, 0.15) is 6.92 Å². The molecule has 4 nitrogen and oxygen atoms in total. The maximum Gasteiger partial charge on any atom is 0.169 e. The summed E-state index contributed by atoms with van der Waals surface area (Å²) in [4.78, 5) is 3.90. The third-order valence-corrected chi connectivity index (χ3v) is 2.61. The number of anilines is 3. The fraction of sp³-hybridized carbons (Fsp3) is 0.214. The number of halogens is 2. The number of hydrogen-bond donors (Lipinski definition) is 2. The molecule has 0 amide bonds. The average Bonchev–Trinajstić information content (AvgIpc) is 2.44. The summed E-state index contributed by atoms with van der Waals surface area (Å²) < 4.78 is 32.3. The van der Waals surface area contributed by atoms with E-state index in [0.29, 0.717) is 18.0 Å². The second kappa shape index (κ2) is 6.18. The van der Waals surface area contributed by atoms with Crippen LogP contribution in [0.25, 0.3) is 0 Å². The normalized spacial score (nSPS) is 10.2. The minimum atomic E-state index is -0.757. The van der Waals surface area contributed by atoms with Crippen LogP contribution < -0.4 is 15.4 Å². The van der Waals surface area contributed by atoms with Crippen molar-refractivity contribution in [1.82, 2.24) is 4.98 Å². The molecule has 0 aliphatic heterocycles. The fourth-order valence-corrected chi connectivity index (χ4v) is 1.68. The van der Waals surface area contributed by atoms with E-state index in [1.54, 1.807) is 38.3 Å². The summed E-state index contributed by atoms with van der Waals surface area (Å²) in [6.07, 6.45) is 0. The number of pyridine rings is 1. The number of ether oxygens (including phenoxy) is 1. The highest BCUT2D eigenvalue weighted by atomic mass is 19.1. The van der Waals surface area contributed by atoms with Gasteiger partial charge in [-0.3, -0.25) is 0 Å². The molecule has 0 aliphatic rings. The summed E-state index contributed by atoms with van der Waals surface area (Å²) in [5.74, 6) is -0.883. The number of nitrogens with one attached hydrogen (secondary N) is 2. The van der Waals surface area contributed by atoms with Crippen LogP contribution in [0.5, 0.6) is 5.75 Å². The Hall–Kier alpha value is -2.37. The Morgan fingerprint density at radius 3 is 2.60 bits per heavy atom. The van der Waals surface area contributed by atoms with E-state index in [2.05, 4.69) is 15.6 Å². The van der Waals surface area contributed by atoms with Crippen LogP contribution in [0.3, 0.4) is 0 Å². The molecular weight excluding hydrogens is 264 g/mol. The van der Waals surface area contributed by atoms with Crippen LogP contribution in [0, 0.1) is 11.6 Å². The van der Waals surface area contributed by atoms with Gasteiger partial charge in [0.05, 0.1) is 7.11 Å². The first-order valence-corrected chi connectivity index (χ1v) is 6.15. The highest BCUT2D eigenvalue weighted by Gasteiger charge is 2.11. The van der Waals surface area contributed by atoms with Gasteiger partial charge in [-0.05, 0) is 19.1 Å². The second-order valence-corrected chi connectivity index (χ2v) is 4.04. The van der Waals surface area contributed by atoms with Crippen molar-refractivity contribution in [3.63, 3.8) is 0 Å². The Morgan fingerprint density at radius 1 is 1.15 bits per heavy atom. The lowest BCUT2D eigenvalue weighted by atomic mass is 10.3. The van der Waals surface area contributed by atoms with Crippen molar-refractivity contribution in [2.75, 3.05) is 24.3 Å². The molecule has 0 bridgehead atoms. The first kappa shape index (κ1) is 14.0. The average molecular weight is 279 g/mol. The van der Waals surface area contributed by atoms with Crippen LogP contribution in [0.15, 0.2) is 30.3 Å². The van der Waals surface area contributed by atoms with Crippen LogP contribution in [0.4, 0.5) is 26.1 Å². The molecule has 0 aliphatic carbocycles. The lowest BCUT2D eigenvalue weighted by Gasteiger charge is -2.11. The fourth-order valence-electron chi connectivity index (χ4n) is 1.68.